The topological polar surface area (TPSA) is 49.8 Å². The molecule has 4 nitrogen and oxygen atoms in total. The fourth-order valence-corrected chi connectivity index (χ4v) is 2.49. The number of nitrogens with one attached hydrogen (secondary N) is 2. The molecule has 1 heterocycles. The highest BCUT2D eigenvalue weighted by Crippen LogP contribution is 2.30. The number of hydrogen-bond donors (Lipinski definition) is 2. The molecule has 1 aromatic heterocycles. The van der Waals surface area contributed by atoms with Crippen LogP contribution in [0.4, 0.5) is 17.3 Å². The number of nitrogens with zero attached hydrogens (tertiary/aromatic N) is 2. The van der Waals surface area contributed by atoms with Gasteiger partial charge in [0.2, 0.25) is 0 Å². The molecule has 0 aliphatic carbocycles. The molecule has 1 aromatic carbocycles. The first-order valence-corrected chi connectivity index (χ1v) is 8.06. The van der Waals surface area contributed by atoms with Gasteiger partial charge in [0, 0.05) is 16.6 Å². The van der Waals surface area contributed by atoms with Gasteiger partial charge in [-0.2, -0.15) is 0 Å². The second-order valence-corrected chi connectivity index (χ2v) is 5.68. The maximum atomic E-state index is 4.40. The average molecular weight is 349 g/mol. The molecule has 0 unspecified atom stereocenters. The summed E-state index contributed by atoms with van der Waals surface area (Å²) in [5, 5.41) is 6.77. The van der Waals surface area contributed by atoms with Crippen molar-refractivity contribution in [3.8, 4) is 0 Å². The van der Waals surface area contributed by atoms with Crippen molar-refractivity contribution in [1.82, 2.24) is 9.97 Å². The Morgan fingerprint density at radius 2 is 1.90 bits per heavy atom. The minimum absolute atomic E-state index is 0.859. The summed E-state index contributed by atoms with van der Waals surface area (Å²) in [6.07, 6.45) is 3.54. The molecule has 0 atom stereocenters. The van der Waals surface area contributed by atoms with Crippen molar-refractivity contribution >= 4 is 33.3 Å². The van der Waals surface area contributed by atoms with Gasteiger partial charge in [-0.3, -0.25) is 0 Å². The third kappa shape index (κ3) is 3.73. The van der Waals surface area contributed by atoms with Gasteiger partial charge in [0.1, 0.15) is 18.0 Å². The maximum Gasteiger partial charge on any atom is 0.139 e. The van der Waals surface area contributed by atoms with Crippen molar-refractivity contribution in [3.63, 3.8) is 0 Å². The molecule has 5 heteroatoms. The molecule has 21 heavy (non-hydrogen) atoms. The first-order valence-electron chi connectivity index (χ1n) is 7.27. The molecule has 0 aliphatic heterocycles. The van der Waals surface area contributed by atoms with Gasteiger partial charge in [-0.1, -0.05) is 26.0 Å². The minimum atomic E-state index is 0.859. The summed E-state index contributed by atoms with van der Waals surface area (Å²) < 4.78 is 1.06. The van der Waals surface area contributed by atoms with E-state index in [9.17, 15) is 0 Å². The SMILES string of the molecule is CCCNc1ncnc(Nc2cccc(C)c2Br)c1CC. The number of hydrogen-bond acceptors (Lipinski definition) is 4. The molecule has 0 spiro atoms. The molecule has 0 aliphatic rings. The van der Waals surface area contributed by atoms with Gasteiger partial charge in [0.15, 0.2) is 0 Å². The van der Waals surface area contributed by atoms with Gasteiger partial charge >= 0.3 is 0 Å². The molecule has 0 fully saturated rings. The average Bonchev–Trinajstić information content (AvgIpc) is 2.50. The van der Waals surface area contributed by atoms with E-state index in [2.05, 4.69) is 63.4 Å². The molecule has 0 amide bonds. The summed E-state index contributed by atoms with van der Waals surface area (Å²) in [6.45, 7) is 7.25. The van der Waals surface area contributed by atoms with Gasteiger partial charge in [0.05, 0.1) is 5.69 Å². The molecule has 0 radical (unpaired) electrons. The lowest BCUT2D eigenvalue weighted by Gasteiger charge is -2.15. The Morgan fingerprint density at radius 3 is 2.62 bits per heavy atom. The van der Waals surface area contributed by atoms with Crippen LogP contribution in [0.1, 0.15) is 31.4 Å². The fourth-order valence-electron chi connectivity index (χ4n) is 2.12. The number of aromatic nitrogens is 2. The quantitative estimate of drug-likeness (QED) is 0.795. The van der Waals surface area contributed by atoms with E-state index >= 15 is 0 Å². The summed E-state index contributed by atoms with van der Waals surface area (Å²) in [5.41, 5.74) is 3.32. The first kappa shape index (κ1) is 15.8. The molecular formula is C16H21BrN4. The summed E-state index contributed by atoms with van der Waals surface area (Å²) in [7, 11) is 0. The lowest BCUT2D eigenvalue weighted by Crippen LogP contribution is -2.08. The second kappa shape index (κ2) is 7.41. The van der Waals surface area contributed by atoms with Crippen LogP contribution in [-0.4, -0.2) is 16.5 Å². The van der Waals surface area contributed by atoms with Crippen LogP contribution in [0.3, 0.4) is 0 Å². The highest BCUT2D eigenvalue weighted by molar-refractivity contribution is 9.10. The fraction of sp³-hybridized carbons (Fsp3) is 0.375. The van der Waals surface area contributed by atoms with Crippen LogP contribution in [0.15, 0.2) is 29.0 Å². The Hall–Kier alpha value is -1.62. The van der Waals surface area contributed by atoms with Gasteiger partial charge in [-0.05, 0) is 47.3 Å². The Labute approximate surface area is 134 Å². The van der Waals surface area contributed by atoms with E-state index in [0.29, 0.717) is 0 Å². The zero-order valence-corrected chi connectivity index (χ0v) is 14.3. The lowest BCUT2D eigenvalue weighted by atomic mass is 10.2. The molecule has 112 valence electrons. The third-order valence-corrected chi connectivity index (χ3v) is 4.34. The van der Waals surface area contributed by atoms with E-state index in [1.165, 1.54) is 5.56 Å². The Kier molecular flexibility index (Phi) is 5.56. The van der Waals surface area contributed by atoms with Gasteiger partial charge in [0.25, 0.3) is 0 Å². The van der Waals surface area contributed by atoms with E-state index in [0.717, 1.165) is 46.7 Å². The number of rotatable bonds is 6. The molecule has 0 bridgehead atoms. The van der Waals surface area contributed by atoms with Gasteiger partial charge < -0.3 is 10.6 Å². The normalized spacial score (nSPS) is 10.5. The summed E-state index contributed by atoms with van der Waals surface area (Å²) >= 11 is 3.62. The molecule has 2 N–H and O–H groups in total. The molecule has 0 saturated heterocycles. The maximum absolute atomic E-state index is 4.40. The highest BCUT2D eigenvalue weighted by Gasteiger charge is 2.11. The summed E-state index contributed by atoms with van der Waals surface area (Å²) in [5.74, 6) is 1.78. The number of halogens is 1. The highest BCUT2D eigenvalue weighted by atomic mass is 79.9. The van der Waals surface area contributed by atoms with Crippen molar-refractivity contribution in [2.45, 2.75) is 33.6 Å². The molecule has 2 rings (SSSR count). The third-order valence-electron chi connectivity index (χ3n) is 3.29. The van der Waals surface area contributed by atoms with Crippen LogP contribution in [0.2, 0.25) is 0 Å². The van der Waals surface area contributed by atoms with Crippen LogP contribution in [0.25, 0.3) is 0 Å². The first-order chi connectivity index (χ1) is 10.2. The smallest absolute Gasteiger partial charge is 0.139 e. The summed E-state index contributed by atoms with van der Waals surface area (Å²) in [4.78, 5) is 8.76. The van der Waals surface area contributed by atoms with E-state index in [1.807, 2.05) is 12.1 Å². The standard InChI is InChI=1S/C16H21BrN4/c1-4-9-18-15-12(5-2)16(20-10-19-15)21-13-8-6-7-11(3)14(13)17/h6-8,10H,4-5,9H2,1-3H3,(H2,18,19,20,21). The second-order valence-electron chi connectivity index (χ2n) is 4.89. The van der Waals surface area contributed by atoms with Gasteiger partial charge in [-0.15, -0.1) is 0 Å². The van der Waals surface area contributed by atoms with Crippen LogP contribution in [-0.2, 0) is 6.42 Å². The zero-order chi connectivity index (χ0) is 15.2. The van der Waals surface area contributed by atoms with E-state index in [4.69, 9.17) is 0 Å². The van der Waals surface area contributed by atoms with Crippen LogP contribution in [0.5, 0.6) is 0 Å². The largest absolute Gasteiger partial charge is 0.370 e. The summed E-state index contributed by atoms with van der Waals surface area (Å²) in [6, 6.07) is 6.15. The van der Waals surface area contributed by atoms with Crippen molar-refractivity contribution in [1.29, 1.82) is 0 Å². The molecule has 0 saturated carbocycles. The Bertz CT molecular complexity index is 613. The lowest BCUT2D eigenvalue weighted by molar-refractivity contribution is 0.949. The van der Waals surface area contributed by atoms with E-state index < -0.39 is 0 Å². The Balaban J connectivity index is 2.33. The van der Waals surface area contributed by atoms with Crippen LogP contribution in [0, 0.1) is 6.92 Å². The van der Waals surface area contributed by atoms with Crippen molar-refractivity contribution in [2.24, 2.45) is 0 Å². The number of benzene rings is 1. The van der Waals surface area contributed by atoms with Gasteiger partial charge in [-0.25, -0.2) is 9.97 Å². The van der Waals surface area contributed by atoms with Crippen molar-refractivity contribution in [2.75, 3.05) is 17.2 Å². The monoisotopic (exact) mass is 348 g/mol. The zero-order valence-electron chi connectivity index (χ0n) is 12.7. The van der Waals surface area contributed by atoms with Crippen LogP contribution >= 0.6 is 15.9 Å². The predicted molar refractivity (Wildman–Crippen MR) is 92.4 cm³/mol. The minimum Gasteiger partial charge on any atom is -0.370 e. The number of aryl methyl sites for hydroxylation is 1. The van der Waals surface area contributed by atoms with Crippen LogP contribution < -0.4 is 10.6 Å². The van der Waals surface area contributed by atoms with Crippen molar-refractivity contribution < 1.29 is 0 Å². The van der Waals surface area contributed by atoms with E-state index in [-0.39, 0.29) is 0 Å². The van der Waals surface area contributed by atoms with E-state index in [1.54, 1.807) is 6.33 Å². The molecule has 2 aromatic rings. The predicted octanol–water partition coefficient (Wildman–Crippen LogP) is 4.68. The van der Waals surface area contributed by atoms with Crippen molar-refractivity contribution in [3.05, 3.63) is 40.1 Å². The molecular weight excluding hydrogens is 328 g/mol. The number of anilines is 3. The Morgan fingerprint density at radius 1 is 1.14 bits per heavy atom.